The summed E-state index contributed by atoms with van der Waals surface area (Å²) in [4.78, 5) is 13.2. The van der Waals surface area contributed by atoms with Gasteiger partial charge in [0, 0.05) is 16.3 Å². The lowest BCUT2D eigenvalue weighted by Gasteiger charge is -2.32. The summed E-state index contributed by atoms with van der Waals surface area (Å²) in [6.45, 7) is 3.85. The van der Waals surface area contributed by atoms with E-state index in [2.05, 4.69) is 6.58 Å². The zero-order chi connectivity index (χ0) is 12.3. The number of Topliss-reactive ketones (excluding diaryl/α,β-unsaturated/α-hetero) is 1. The predicted molar refractivity (Wildman–Crippen MR) is 73.7 cm³/mol. The van der Waals surface area contributed by atoms with Crippen LogP contribution < -0.4 is 0 Å². The number of hydrogen-bond acceptors (Lipinski definition) is 2. The van der Waals surface area contributed by atoms with Crippen molar-refractivity contribution in [2.45, 2.75) is 35.3 Å². The lowest BCUT2D eigenvalue weighted by Crippen LogP contribution is -2.35. The van der Waals surface area contributed by atoms with E-state index in [1.54, 1.807) is 11.8 Å². The van der Waals surface area contributed by atoms with Gasteiger partial charge in [0.15, 0.2) is 5.78 Å². The van der Waals surface area contributed by atoms with Gasteiger partial charge in [0.25, 0.3) is 0 Å². The minimum atomic E-state index is -0.425. The van der Waals surface area contributed by atoms with Crippen LogP contribution in [0.25, 0.3) is 0 Å². The molecule has 1 aliphatic carbocycles. The molecule has 3 heteroatoms. The van der Waals surface area contributed by atoms with Gasteiger partial charge in [0.05, 0.1) is 4.75 Å². The molecule has 1 atom stereocenters. The van der Waals surface area contributed by atoms with Gasteiger partial charge < -0.3 is 0 Å². The minimum Gasteiger partial charge on any atom is -0.298 e. The molecular weight excluding hydrogens is 252 g/mol. The Kier molecular flexibility index (Phi) is 3.95. The van der Waals surface area contributed by atoms with E-state index in [9.17, 15) is 4.79 Å². The van der Waals surface area contributed by atoms with Crippen molar-refractivity contribution in [1.29, 1.82) is 0 Å². The Morgan fingerprint density at radius 2 is 2.00 bits per heavy atom. The molecule has 0 aromatic heterocycles. The third-order valence-corrected chi connectivity index (χ3v) is 4.84. The summed E-state index contributed by atoms with van der Waals surface area (Å²) >= 11 is 7.46. The Bertz CT molecular complexity index is 426. The summed E-state index contributed by atoms with van der Waals surface area (Å²) in [7, 11) is 0. The van der Waals surface area contributed by atoms with Crippen molar-refractivity contribution in [2.24, 2.45) is 0 Å². The zero-order valence-corrected chi connectivity index (χ0v) is 11.2. The fourth-order valence-corrected chi connectivity index (χ4v) is 3.47. The maximum Gasteiger partial charge on any atom is 0.153 e. The third kappa shape index (κ3) is 2.75. The summed E-state index contributed by atoms with van der Waals surface area (Å²) in [5, 5.41) is 0.719. The second kappa shape index (κ2) is 5.28. The molecule has 17 heavy (non-hydrogen) atoms. The zero-order valence-electron chi connectivity index (χ0n) is 9.62. The number of ketones is 1. The number of benzene rings is 1. The number of carbonyl (C=O) groups excluding carboxylic acids is 1. The summed E-state index contributed by atoms with van der Waals surface area (Å²) in [5.41, 5.74) is 0. The van der Waals surface area contributed by atoms with E-state index in [0.29, 0.717) is 12.2 Å². The molecule has 2 rings (SSSR count). The number of thioether (sulfide) groups is 1. The molecule has 1 unspecified atom stereocenters. The number of rotatable bonds is 3. The Morgan fingerprint density at radius 1 is 1.29 bits per heavy atom. The fraction of sp³-hybridized carbons (Fsp3) is 0.357. The summed E-state index contributed by atoms with van der Waals surface area (Å²) < 4.78 is -0.425. The number of carbonyl (C=O) groups is 1. The lowest BCUT2D eigenvalue weighted by atomic mass is 9.87. The van der Waals surface area contributed by atoms with Gasteiger partial charge in [-0.05, 0) is 37.1 Å². The molecule has 0 saturated heterocycles. The molecular formula is C14H15ClOS. The largest absolute Gasteiger partial charge is 0.298 e. The van der Waals surface area contributed by atoms with Crippen LogP contribution in [0.5, 0.6) is 0 Å². The molecule has 90 valence electrons. The van der Waals surface area contributed by atoms with Crippen molar-refractivity contribution in [3.05, 3.63) is 41.9 Å². The molecule has 1 aromatic rings. The second-order valence-corrected chi connectivity index (χ2v) is 6.12. The van der Waals surface area contributed by atoms with Gasteiger partial charge in [-0.3, -0.25) is 4.79 Å². The first-order chi connectivity index (χ1) is 8.16. The Balaban J connectivity index is 2.21. The normalized spacial score (nSPS) is 24.6. The van der Waals surface area contributed by atoms with Crippen LogP contribution in [-0.2, 0) is 4.79 Å². The van der Waals surface area contributed by atoms with Crippen LogP contribution in [0.4, 0.5) is 0 Å². The van der Waals surface area contributed by atoms with Crippen LogP contribution in [0.3, 0.4) is 0 Å². The molecule has 1 saturated carbocycles. The molecule has 1 aromatic carbocycles. The van der Waals surface area contributed by atoms with E-state index in [1.165, 1.54) is 0 Å². The van der Waals surface area contributed by atoms with Crippen molar-refractivity contribution in [2.75, 3.05) is 0 Å². The molecule has 0 radical (unpaired) electrons. The molecule has 0 heterocycles. The highest BCUT2D eigenvalue weighted by atomic mass is 35.5. The van der Waals surface area contributed by atoms with Crippen LogP contribution in [-0.4, -0.2) is 10.5 Å². The van der Waals surface area contributed by atoms with E-state index < -0.39 is 4.75 Å². The Hall–Kier alpha value is -0.730. The van der Waals surface area contributed by atoms with Gasteiger partial charge in [-0.25, -0.2) is 0 Å². The first-order valence-electron chi connectivity index (χ1n) is 5.78. The van der Waals surface area contributed by atoms with E-state index in [-0.39, 0.29) is 0 Å². The minimum absolute atomic E-state index is 0.304. The molecule has 1 nitrogen and oxygen atoms in total. The topological polar surface area (TPSA) is 17.1 Å². The summed E-state index contributed by atoms with van der Waals surface area (Å²) in [5.74, 6) is 0.304. The molecule has 0 N–H and O–H groups in total. The van der Waals surface area contributed by atoms with Crippen LogP contribution >= 0.6 is 23.4 Å². The highest BCUT2D eigenvalue weighted by Gasteiger charge is 2.37. The molecule has 0 amide bonds. The molecule has 1 aliphatic rings. The van der Waals surface area contributed by atoms with E-state index in [0.717, 1.165) is 29.2 Å². The highest BCUT2D eigenvalue weighted by molar-refractivity contribution is 8.01. The standard InChI is InChI=1S/C14H15ClOS/c1-2-14(10-4-3-5-13(14)16)17-12-8-6-11(15)7-9-12/h2,6-9H,1,3-5,10H2. The third-order valence-electron chi connectivity index (χ3n) is 3.12. The number of halogens is 1. The Labute approximate surface area is 111 Å². The van der Waals surface area contributed by atoms with Gasteiger partial charge in [-0.15, -0.1) is 18.3 Å². The van der Waals surface area contributed by atoms with Crippen LogP contribution in [0, 0.1) is 0 Å². The molecule has 1 fully saturated rings. The molecule has 0 spiro atoms. The maximum atomic E-state index is 12.1. The quantitative estimate of drug-likeness (QED) is 0.750. The highest BCUT2D eigenvalue weighted by Crippen LogP contribution is 2.42. The first kappa shape index (κ1) is 12.7. The van der Waals surface area contributed by atoms with Gasteiger partial charge >= 0.3 is 0 Å². The average Bonchev–Trinajstić information content (AvgIpc) is 2.35. The smallest absolute Gasteiger partial charge is 0.153 e. The molecule has 0 bridgehead atoms. The summed E-state index contributed by atoms with van der Waals surface area (Å²) in [6, 6.07) is 7.63. The lowest BCUT2D eigenvalue weighted by molar-refractivity contribution is -0.121. The first-order valence-corrected chi connectivity index (χ1v) is 6.97. The number of hydrogen-bond donors (Lipinski definition) is 0. The van der Waals surface area contributed by atoms with Gasteiger partial charge in [0.2, 0.25) is 0 Å². The summed E-state index contributed by atoms with van der Waals surface area (Å²) in [6.07, 6.45) is 5.48. The van der Waals surface area contributed by atoms with Crippen molar-refractivity contribution < 1.29 is 4.79 Å². The van der Waals surface area contributed by atoms with Crippen LogP contribution in [0.15, 0.2) is 41.8 Å². The average molecular weight is 267 g/mol. The van der Waals surface area contributed by atoms with E-state index >= 15 is 0 Å². The predicted octanol–water partition coefficient (Wildman–Crippen LogP) is 4.50. The monoisotopic (exact) mass is 266 g/mol. The van der Waals surface area contributed by atoms with Gasteiger partial charge in [-0.2, -0.15) is 0 Å². The van der Waals surface area contributed by atoms with Gasteiger partial charge in [0.1, 0.15) is 0 Å². The van der Waals surface area contributed by atoms with Gasteiger partial charge in [-0.1, -0.05) is 24.1 Å². The van der Waals surface area contributed by atoms with E-state index in [1.807, 2.05) is 30.3 Å². The maximum absolute atomic E-state index is 12.1. The van der Waals surface area contributed by atoms with Crippen molar-refractivity contribution >= 4 is 29.1 Å². The Morgan fingerprint density at radius 3 is 2.59 bits per heavy atom. The van der Waals surface area contributed by atoms with Crippen molar-refractivity contribution in [3.8, 4) is 0 Å². The van der Waals surface area contributed by atoms with Crippen molar-refractivity contribution in [3.63, 3.8) is 0 Å². The van der Waals surface area contributed by atoms with Crippen LogP contribution in [0.1, 0.15) is 25.7 Å². The van der Waals surface area contributed by atoms with Crippen LogP contribution in [0.2, 0.25) is 5.02 Å². The second-order valence-electron chi connectivity index (χ2n) is 4.28. The van der Waals surface area contributed by atoms with Crippen molar-refractivity contribution in [1.82, 2.24) is 0 Å². The SMILES string of the molecule is C=CC1(Sc2ccc(Cl)cc2)CCCCC1=O. The fourth-order valence-electron chi connectivity index (χ4n) is 2.10. The molecule has 0 aliphatic heterocycles. The van der Waals surface area contributed by atoms with E-state index in [4.69, 9.17) is 11.6 Å².